The van der Waals surface area contributed by atoms with Gasteiger partial charge in [-0.3, -0.25) is 0 Å². The molecule has 0 atom stereocenters. The molecule has 1 aromatic carbocycles. The van der Waals surface area contributed by atoms with Crippen LogP contribution in [0.15, 0.2) is 36.4 Å². The molecule has 0 saturated carbocycles. The van der Waals surface area contributed by atoms with Gasteiger partial charge in [-0.1, -0.05) is 74.6 Å². The summed E-state index contributed by atoms with van der Waals surface area (Å²) in [6, 6.07) is 10.3. The molecule has 0 amide bonds. The summed E-state index contributed by atoms with van der Waals surface area (Å²) in [6.07, 6.45) is 13.4. The Hall–Kier alpha value is -0.730. The molecule has 0 radical (unpaired) electrons. The Morgan fingerprint density at radius 1 is 0.850 bits per heavy atom. The van der Waals surface area contributed by atoms with Crippen molar-refractivity contribution in [2.24, 2.45) is 0 Å². The molecular formula is C18H28OS. The minimum atomic E-state index is 0.719. The van der Waals surface area contributed by atoms with Gasteiger partial charge in [-0.15, -0.1) is 0 Å². The van der Waals surface area contributed by atoms with Gasteiger partial charge in [0.15, 0.2) is 0 Å². The number of hydrogen-bond acceptors (Lipinski definition) is 2. The van der Waals surface area contributed by atoms with Crippen LogP contribution in [-0.4, -0.2) is 19.0 Å². The van der Waals surface area contributed by atoms with Crippen molar-refractivity contribution < 1.29 is 4.74 Å². The van der Waals surface area contributed by atoms with Crippen molar-refractivity contribution in [3.63, 3.8) is 0 Å². The van der Waals surface area contributed by atoms with Crippen LogP contribution < -0.4 is 0 Å². The van der Waals surface area contributed by atoms with E-state index in [-0.39, 0.29) is 0 Å². The van der Waals surface area contributed by atoms with E-state index < -0.39 is 0 Å². The molecule has 0 N–H and O–H groups in total. The lowest BCUT2D eigenvalue weighted by atomic mass is 10.1. The normalized spacial score (nSPS) is 11.2. The summed E-state index contributed by atoms with van der Waals surface area (Å²) in [5, 5.41) is 0. The predicted molar refractivity (Wildman–Crippen MR) is 92.5 cm³/mol. The van der Waals surface area contributed by atoms with Crippen LogP contribution in [0.2, 0.25) is 0 Å². The molecule has 1 aromatic rings. The molecule has 0 saturated heterocycles. The van der Waals surface area contributed by atoms with Crippen LogP contribution in [0, 0.1) is 0 Å². The highest BCUT2D eigenvalue weighted by molar-refractivity contribution is 7.80. The molecule has 0 bridgehead atoms. The van der Waals surface area contributed by atoms with Gasteiger partial charge in [0.05, 0.1) is 6.61 Å². The maximum absolute atomic E-state index is 5.60. The number of thiol groups is 1. The van der Waals surface area contributed by atoms with Gasteiger partial charge < -0.3 is 4.74 Å². The van der Waals surface area contributed by atoms with E-state index in [9.17, 15) is 0 Å². The quantitative estimate of drug-likeness (QED) is 0.402. The number of rotatable bonds is 12. The van der Waals surface area contributed by atoms with Gasteiger partial charge in [0, 0.05) is 6.61 Å². The second-order valence-corrected chi connectivity index (χ2v) is 5.53. The molecule has 0 heterocycles. The number of unbranched alkanes of at least 4 members (excludes halogenated alkanes) is 6. The Morgan fingerprint density at radius 2 is 1.50 bits per heavy atom. The molecule has 0 aliphatic carbocycles. The third kappa shape index (κ3) is 10.1. The second kappa shape index (κ2) is 13.3. The lowest BCUT2D eigenvalue weighted by molar-refractivity contribution is 0.157. The fourth-order valence-corrected chi connectivity index (χ4v) is 2.32. The minimum Gasteiger partial charge on any atom is -0.377 e. The molecule has 0 aliphatic heterocycles. The Kier molecular flexibility index (Phi) is 11.5. The Bertz CT molecular complexity index is 335. The second-order valence-electron chi connectivity index (χ2n) is 5.09. The first kappa shape index (κ1) is 17.3. The van der Waals surface area contributed by atoms with Crippen LogP contribution in [0.25, 0.3) is 6.08 Å². The summed E-state index contributed by atoms with van der Waals surface area (Å²) >= 11 is 4.22. The van der Waals surface area contributed by atoms with Crippen LogP contribution >= 0.6 is 12.6 Å². The minimum absolute atomic E-state index is 0.719. The van der Waals surface area contributed by atoms with E-state index in [1.54, 1.807) is 0 Å². The standard InChI is InChI=1S/C18H28OS/c20-17-10-5-3-1-2-4-9-15-19-16-11-14-18-12-7-6-8-13-18/h6-8,11-14,20H,1-5,9-10,15-17H2/b14-11+. The third-order valence-electron chi connectivity index (χ3n) is 3.27. The average molecular weight is 292 g/mol. The van der Waals surface area contributed by atoms with Gasteiger partial charge in [0.1, 0.15) is 0 Å². The van der Waals surface area contributed by atoms with Crippen LogP contribution in [0.3, 0.4) is 0 Å². The molecule has 0 fully saturated rings. The SMILES string of the molecule is SCCCCCCCCCOC/C=C/c1ccccc1. The van der Waals surface area contributed by atoms with Crippen LogP contribution in [0.4, 0.5) is 0 Å². The molecule has 112 valence electrons. The van der Waals surface area contributed by atoms with Crippen molar-refractivity contribution in [1.82, 2.24) is 0 Å². The largest absolute Gasteiger partial charge is 0.377 e. The van der Waals surface area contributed by atoms with Gasteiger partial charge in [0.2, 0.25) is 0 Å². The zero-order valence-electron chi connectivity index (χ0n) is 12.5. The lowest BCUT2D eigenvalue weighted by Gasteiger charge is -2.02. The summed E-state index contributed by atoms with van der Waals surface area (Å²) in [5.41, 5.74) is 1.23. The number of hydrogen-bond donors (Lipinski definition) is 1. The first-order valence-corrected chi connectivity index (χ1v) is 8.47. The van der Waals surface area contributed by atoms with Crippen molar-refractivity contribution in [2.45, 2.75) is 44.9 Å². The zero-order valence-corrected chi connectivity index (χ0v) is 13.4. The monoisotopic (exact) mass is 292 g/mol. The highest BCUT2D eigenvalue weighted by Crippen LogP contribution is 2.07. The van der Waals surface area contributed by atoms with E-state index in [1.807, 2.05) is 6.07 Å². The molecule has 0 spiro atoms. The fraction of sp³-hybridized carbons (Fsp3) is 0.556. The molecule has 0 aliphatic rings. The van der Waals surface area contributed by atoms with Gasteiger partial charge in [0.25, 0.3) is 0 Å². The van der Waals surface area contributed by atoms with E-state index in [0.717, 1.165) is 19.0 Å². The maximum atomic E-state index is 5.60. The summed E-state index contributed by atoms with van der Waals surface area (Å²) in [6.45, 7) is 1.60. The Labute approximate surface area is 129 Å². The lowest BCUT2D eigenvalue weighted by Crippen LogP contribution is -1.94. The average Bonchev–Trinajstić information content (AvgIpc) is 2.49. The number of ether oxygens (including phenoxy) is 1. The van der Waals surface area contributed by atoms with Crippen LogP contribution in [0.1, 0.15) is 50.5 Å². The van der Waals surface area contributed by atoms with Gasteiger partial charge >= 0.3 is 0 Å². The molecule has 0 unspecified atom stereocenters. The first-order chi connectivity index (χ1) is 9.93. The predicted octanol–water partition coefficient (Wildman–Crippen LogP) is 5.38. The molecule has 1 nitrogen and oxygen atoms in total. The van der Waals surface area contributed by atoms with Gasteiger partial charge in [-0.25, -0.2) is 0 Å². The smallest absolute Gasteiger partial charge is 0.0650 e. The summed E-state index contributed by atoms with van der Waals surface area (Å²) in [5.74, 6) is 1.03. The molecule has 1 rings (SSSR count). The highest BCUT2D eigenvalue weighted by Gasteiger charge is 1.91. The number of benzene rings is 1. The maximum Gasteiger partial charge on any atom is 0.0650 e. The highest BCUT2D eigenvalue weighted by atomic mass is 32.1. The summed E-state index contributed by atoms with van der Waals surface area (Å²) < 4.78 is 5.60. The Balaban J connectivity index is 1.84. The zero-order chi connectivity index (χ0) is 14.3. The van der Waals surface area contributed by atoms with Crippen molar-refractivity contribution in [3.05, 3.63) is 42.0 Å². The van der Waals surface area contributed by atoms with E-state index in [0.29, 0.717) is 0 Å². The van der Waals surface area contributed by atoms with Crippen LogP contribution in [0.5, 0.6) is 0 Å². The van der Waals surface area contributed by atoms with Gasteiger partial charge in [-0.05, 0) is 24.2 Å². The third-order valence-corrected chi connectivity index (χ3v) is 3.59. The topological polar surface area (TPSA) is 9.23 Å². The van der Waals surface area contributed by atoms with Crippen molar-refractivity contribution >= 4 is 18.7 Å². The van der Waals surface area contributed by atoms with Gasteiger partial charge in [-0.2, -0.15) is 12.6 Å². The molecular weight excluding hydrogens is 264 g/mol. The van der Waals surface area contributed by atoms with E-state index in [2.05, 4.69) is 49.0 Å². The molecule has 0 aromatic heterocycles. The van der Waals surface area contributed by atoms with Crippen molar-refractivity contribution in [1.29, 1.82) is 0 Å². The molecule has 2 heteroatoms. The summed E-state index contributed by atoms with van der Waals surface area (Å²) in [4.78, 5) is 0. The Morgan fingerprint density at radius 3 is 2.20 bits per heavy atom. The van der Waals surface area contributed by atoms with E-state index in [4.69, 9.17) is 4.74 Å². The van der Waals surface area contributed by atoms with Crippen molar-refractivity contribution in [2.75, 3.05) is 19.0 Å². The first-order valence-electron chi connectivity index (χ1n) is 7.83. The fourth-order valence-electron chi connectivity index (χ4n) is 2.10. The molecule has 20 heavy (non-hydrogen) atoms. The van der Waals surface area contributed by atoms with Crippen molar-refractivity contribution in [3.8, 4) is 0 Å². The van der Waals surface area contributed by atoms with E-state index >= 15 is 0 Å². The summed E-state index contributed by atoms with van der Waals surface area (Å²) in [7, 11) is 0. The van der Waals surface area contributed by atoms with Crippen LogP contribution in [-0.2, 0) is 4.74 Å². The van der Waals surface area contributed by atoms with E-state index in [1.165, 1.54) is 50.5 Å².